The lowest BCUT2D eigenvalue weighted by Crippen LogP contribution is -2.35. The Hall–Kier alpha value is -2.87. The van der Waals surface area contributed by atoms with Crippen LogP contribution in [0.1, 0.15) is 5.56 Å². The Bertz CT molecular complexity index is 1070. The first kappa shape index (κ1) is 16.6. The van der Waals surface area contributed by atoms with Gasteiger partial charge in [0.1, 0.15) is 11.3 Å². The van der Waals surface area contributed by atoms with Crippen LogP contribution in [0.3, 0.4) is 0 Å². The molecule has 1 heterocycles. The fourth-order valence-electron chi connectivity index (χ4n) is 2.92. The largest absolute Gasteiger partial charge is 0.507 e. The summed E-state index contributed by atoms with van der Waals surface area (Å²) in [4.78, 5) is 25.1. The van der Waals surface area contributed by atoms with Crippen molar-refractivity contribution in [3.05, 3.63) is 75.4 Å². The average Bonchev–Trinajstić information content (AvgIpc) is 2.93. The number of hydrogen-bond donors (Lipinski definition) is 2. The highest BCUT2D eigenvalue weighted by molar-refractivity contribution is 14.1. The molecule has 128 valence electrons. The van der Waals surface area contributed by atoms with Crippen LogP contribution in [0.25, 0.3) is 16.8 Å². The Morgan fingerprint density at radius 1 is 0.923 bits per heavy atom. The molecule has 0 radical (unpaired) electrons. The van der Waals surface area contributed by atoms with Crippen molar-refractivity contribution in [2.75, 3.05) is 5.01 Å². The monoisotopic (exact) mass is 456 g/mol. The molecule has 1 aliphatic heterocycles. The number of fused-ring (bicyclic) bond motifs is 1. The quantitative estimate of drug-likeness (QED) is 0.352. The van der Waals surface area contributed by atoms with E-state index in [1.807, 2.05) is 30.3 Å². The fraction of sp³-hybridized carbons (Fsp3) is 0. The van der Waals surface area contributed by atoms with Gasteiger partial charge < -0.3 is 5.11 Å². The Labute approximate surface area is 163 Å². The van der Waals surface area contributed by atoms with Crippen LogP contribution in [0.15, 0.2) is 66.2 Å². The number of aromatic hydroxyl groups is 1. The van der Waals surface area contributed by atoms with Gasteiger partial charge in [0.15, 0.2) is 0 Å². The molecule has 3 aromatic rings. The van der Waals surface area contributed by atoms with Crippen molar-refractivity contribution in [2.45, 2.75) is 0 Å². The second-order valence-corrected chi connectivity index (χ2v) is 7.08. The molecule has 26 heavy (non-hydrogen) atoms. The number of nitrogens with one attached hydrogen (secondary N) is 1. The zero-order chi connectivity index (χ0) is 18.3. The van der Waals surface area contributed by atoms with Crippen molar-refractivity contribution in [1.82, 2.24) is 5.43 Å². The number of hydrogen-bond acceptors (Lipinski definition) is 3. The minimum Gasteiger partial charge on any atom is -0.507 e. The molecule has 2 N–H and O–H groups in total. The number of hydrazine groups is 1. The second kappa shape index (κ2) is 6.45. The van der Waals surface area contributed by atoms with E-state index in [4.69, 9.17) is 0 Å². The molecular weight excluding hydrogens is 443 g/mol. The standard InChI is InChI=1S/C20H13IN2O3/c21-13-6-8-14(9-7-13)23-20(26)17(19(25)22-23)11-12-5-10-18(24)16-4-2-1-3-15(12)16/h1-11,24H,(H,22,25)/b17-11-. The van der Waals surface area contributed by atoms with Crippen LogP contribution in [-0.2, 0) is 9.59 Å². The predicted molar refractivity (Wildman–Crippen MR) is 108 cm³/mol. The van der Waals surface area contributed by atoms with E-state index in [2.05, 4.69) is 28.0 Å². The Balaban J connectivity index is 1.76. The van der Waals surface area contributed by atoms with Gasteiger partial charge in [-0.05, 0) is 69.9 Å². The third kappa shape index (κ3) is 2.82. The normalized spacial score (nSPS) is 15.7. The summed E-state index contributed by atoms with van der Waals surface area (Å²) in [5.41, 5.74) is 3.94. The van der Waals surface area contributed by atoms with Gasteiger partial charge in [-0.15, -0.1) is 0 Å². The topological polar surface area (TPSA) is 69.6 Å². The lowest BCUT2D eigenvalue weighted by atomic mass is 10.0. The summed E-state index contributed by atoms with van der Waals surface area (Å²) in [6.07, 6.45) is 1.56. The van der Waals surface area contributed by atoms with Crippen molar-refractivity contribution in [3.63, 3.8) is 0 Å². The number of amides is 2. The molecule has 0 atom stereocenters. The Morgan fingerprint density at radius 3 is 2.35 bits per heavy atom. The van der Waals surface area contributed by atoms with E-state index >= 15 is 0 Å². The molecule has 2 amide bonds. The first-order chi connectivity index (χ1) is 12.5. The zero-order valence-corrected chi connectivity index (χ0v) is 15.6. The molecule has 5 nitrogen and oxygen atoms in total. The molecule has 0 aromatic heterocycles. The third-order valence-corrected chi connectivity index (χ3v) is 4.93. The molecular formula is C20H13IN2O3. The van der Waals surface area contributed by atoms with Gasteiger partial charge in [-0.2, -0.15) is 0 Å². The number of benzene rings is 3. The smallest absolute Gasteiger partial charge is 0.282 e. The van der Waals surface area contributed by atoms with Gasteiger partial charge in [0.25, 0.3) is 11.8 Å². The van der Waals surface area contributed by atoms with Gasteiger partial charge in [-0.25, -0.2) is 5.01 Å². The van der Waals surface area contributed by atoms with Crippen LogP contribution in [-0.4, -0.2) is 16.9 Å². The van der Waals surface area contributed by atoms with E-state index in [0.717, 1.165) is 8.96 Å². The number of rotatable bonds is 2. The van der Waals surface area contributed by atoms with Crippen LogP contribution in [0.4, 0.5) is 5.69 Å². The Morgan fingerprint density at radius 2 is 1.62 bits per heavy atom. The molecule has 1 aliphatic rings. The van der Waals surface area contributed by atoms with E-state index in [1.165, 1.54) is 5.01 Å². The lowest BCUT2D eigenvalue weighted by molar-refractivity contribution is -0.117. The first-order valence-electron chi connectivity index (χ1n) is 7.88. The number of halogens is 1. The summed E-state index contributed by atoms with van der Waals surface area (Å²) >= 11 is 2.18. The van der Waals surface area contributed by atoms with E-state index in [9.17, 15) is 14.7 Å². The van der Waals surface area contributed by atoms with Crippen LogP contribution in [0.5, 0.6) is 5.75 Å². The molecule has 1 fully saturated rings. The summed E-state index contributed by atoms with van der Waals surface area (Å²) in [7, 11) is 0. The SMILES string of the molecule is O=C1NN(c2ccc(I)cc2)C(=O)/C1=C\c1ccc(O)c2ccccc12. The second-order valence-electron chi connectivity index (χ2n) is 5.84. The molecule has 0 spiro atoms. The number of carbonyl (C=O) groups excluding carboxylic acids is 2. The molecule has 0 aliphatic carbocycles. The zero-order valence-electron chi connectivity index (χ0n) is 13.4. The highest BCUT2D eigenvalue weighted by Gasteiger charge is 2.34. The highest BCUT2D eigenvalue weighted by atomic mass is 127. The number of anilines is 1. The van der Waals surface area contributed by atoms with Crippen molar-refractivity contribution in [2.24, 2.45) is 0 Å². The number of phenols is 1. The van der Waals surface area contributed by atoms with Crippen molar-refractivity contribution >= 4 is 56.9 Å². The number of nitrogens with zero attached hydrogens (tertiary/aromatic N) is 1. The average molecular weight is 456 g/mol. The first-order valence-corrected chi connectivity index (χ1v) is 8.96. The van der Waals surface area contributed by atoms with Crippen LogP contribution in [0.2, 0.25) is 0 Å². The maximum atomic E-state index is 12.7. The molecule has 1 saturated heterocycles. The van der Waals surface area contributed by atoms with Crippen molar-refractivity contribution in [3.8, 4) is 5.75 Å². The van der Waals surface area contributed by atoms with Crippen LogP contribution in [0, 0.1) is 3.57 Å². The number of phenolic OH excluding ortho intramolecular Hbond substituents is 1. The summed E-state index contributed by atoms with van der Waals surface area (Å²) in [5.74, 6) is -0.704. The summed E-state index contributed by atoms with van der Waals surface area (Å²) in [5, 5.41) is 12.7. The molecule has 6 heteroatoms. The third-order valence-electron chi connectivity index (χ3n) is 4.21. The van der Waals surface area contributed by atoms with Gasteiger partial charge >= 0.3 is 0 Å². The fourth-order valence-corrected chi connectivity index (χ4v) is 3.28. The highest BCUT2D eigenvalue weighted by Crippen LogP contribution is 2.30. The van der Waals surface area contributed by atoms with Gasteiger partial charge in [-0.1, -0.05) is 30.3 Å². The Kier molecular flexibility index (Phi) is 4.12. The molecule has 4 rings (SSSR count). The summed E-state index contributed by atoms with van der Waals surface area (Å²) < 4.78 is 1.04. The van der Waals surface area contributed by atoms with Gasteiger partial charge in [0.05, 0.1) is 5.69 Å². The maximum absolute atomic E-state index is 12.7. The lowest BCUT2D eigenvalue weighted by Gasteiger charge is -2.14. The van der Waals surface area contributed by atoms with Gasteiger partial charge in [-0.3, -0.25) is 15.0 Å². The molecule has 0 unspecified atom stereocenters. The molecule has 0 saturated carbocycles. The van der Waals surface area contributed by atoms with Crippen LogP contribution < -0.4 is 10.4 Å². The van der Waals surface area contributed by atoms with Crippen molar-refractivity contribution < 1.29 is 14.7 Å². The summed E-state index contributed by atoms with van der Waals surface area (Å²) in [6.45, 7) is 0. The van der Waals surface area contributed by atoms with E-state index in [0.29, 0.717) is 16.6 Å². The van der Waals surface area contributed by atoms with Crippen molar-refractivity contribution in [1.29, 1.82) is 0 Å². The van der Waals surface area contributed by atoms with E-state index in [-0.39, 0.29) is 11.3 Å². The number of carbonyl (C=O) groups is 2. The predicted octanol–water partition coefficient (Wildman–Crippen LogP) is 3.61. The minimum absolute atomic E-state index is 0.0550. The van der Waals surface area contributed by atoms with E-state index < -0.39 is 11.8 Å². The maximum Gasteiger partial charge on any atom is 0.282 e. The van der Waals surface area contributed by atoms with Crippen LogP contribution >= 0.6 is 22.6 Å². The minimum atomic E-state index is -0.453. The molecule has 3 aromatic carbocycles. The van der Waals surface area contributed by atoms with Gasteiger partial charge in [0.2, 0.25) is 0 Å². The van der Waals surface area contributed by atoms with Gasteiger partial charge in [0, 0.05) is 8.96 Å². The summed E-state index contributed by atoms with van der Waals surface area (Å²) in [6, 6.07) is 17.8. The molecule has 0 bridgehead atoms. The van der Waals surface area contributed by atoms with E-state index in [1.54, 1.807) is 36.4 Å².